The molecule has 7 heteroatoms. The fourth-order valence-electron chi connectivity index (χ4n) is 2.07. The molecule has 0 amide bonds. The highest BCUT2D eigenvalue weighted by atomic mass is 32.2. The minimum Gasteiger partial charge on any atom is -0.265 e. The van der Waals surface area contributed by atoms with E-state index in [-0.39, 0.29) is 23.1 Å². The van der Waals surface area contributed by atoms with Gasteiger partial charge in [-0.1, -0.05) is 0 Å². The summed E-state index contributed by atoms with van der Waals surface area (Å²) < 4.78 is 51.2. The van der Waals surface area contributed by atoms with Gasteiger partial charge in [-0.15, -0.1) is 0 Å². The number of alkyl halides is 2. The molecule has 1 aliphatic heterocycles. The summed E-state index contributed by atoms with van der Waals surface area (Å²) in [5.74, 6) is -3.62. The molecule has 2 rings (SSSR count). The Kier molecular flexibility index (Phi) is 2.57. The van der Waals surface area contributed by atoms with Gasteiger partial charge in [-0.3, -0.25) is 4.68 Å². The summed E-state index contributed by atoms with van der Waals surface area (Å²) in [5.41, 5.74) is 0.199. The van der Waals surface area contributed by atoms with E-state index in [4.69, 9.17) is 0 Å². The van der Waals surface area contributed by atoms with Crippen molar-refractivity contribution in [3.05, 3.63) is 17.0 Å². The van der Waals surface area contributed by atoms with Crippen LogP contribution in [-0.2, 0) is 27.3 Å². The molecule has 0 bridgehead atoms. The summed E-state index contributed by atoms with van der Waals surface area (Å²) in [4.78, 5) is 0. The normalized spacial score (nSPS) is 18.7. The Labute approximate surface area is 98.5 Å². The summed E-state index contributed by atoms with van der Waals surface area (Å²) >= 11 is 0. The van der Waals surface area contributed by atoms with E-state index in [1.54, 1.807) is 13.8 Å². The monoisotopic (exact) mass is 264 g/mol. The average Bonchev–Trinajstić information content (AvgIpc) is 2.54. The molecular formula is C10H14F2N2O2S. The third-order valence-electron chi connectivity index (χ3n) is 2.74. The van der Waals surface area contributed by atoms with E-state index in [1.165, 1.54) is 4.68 Å². The van der Waals surface area contributed by atoms with E-state index in [2.05, 4.69) is 5.10 Å². The molecule has 1 aliphatic rings. The molecule has 0 unspecified atom stereocenters. The zero-order chi connectivity index (χ0) is 13.0. The van der Waals surface area contributed by atoms with E-state index in [1.807, 2.05) is 0 Å². The van der Waals surface area contributed by atoms with Crippen LogP contribution in [0.15, 0.2) is 0 Å². The van der Waals surface area contributed by atoms with Gasteiger partial charge in [-0.2, -0.15) is 13.9 Å². The molecule has 0 fully saturated rings. The zero-order valence-electron chi connectivity index (χ0n) is 9.87. The quantitative estimate of drug-likeness (QED) is 0.821. The average molecular weight is 264 g/mol. The Bertz CT molecular complexity index is 556. The Hall–Kier alpha value is -0.980. The first-order chi connectivity index (χ1) is 7.62. The van der Waals surface area contributed by atoms with Gasteiger partial charge in [-0.25, -0.2) is 8.42 Å². The van der Waals surface area contributed by atoms with Gasteiger partial charge >= 0.3 is 0 Å². The summed E-state index contributed by atoms with van der Waals surface area (Å²) in [6.45, 7) is 4.32. The zero-order valence-corrected chi connectivity index (χ0v) is 10.7. The molecule has 17 heavy (non-hydrogen) atoms. The third kappa shape index (κ3) is 2.08. The standard InChI is InChI=1S/C10H14F2N2O2S/c1-6(2)14-8-5-17(15,16)4-7(8)9(13-14)10(3,11)12/h6H,4-5H2,1-3H3. The summed E-state index contributed by atoms with van der Waals surface area (Å²) in [7, 11) is -3.30. The van der Waals surface area contributed by atoms with Crippen LogP contribution < -0.4 is 0 Å². The van der Waals surface area contributed by atoms with Crippen molar-refractivity contribution < 1.29 is 17.2 Å². The molecule has 0 atom stereocenters. The van der Waals surface area contributed by atoms with E-state index in [9.17, 15) is 17.2 Å². The molecule has 2 heterocycles. The number of nitrogens with zero attached hydrogens (tertiary/aromatic N) is 2. The van der Waals surface area contributed by atoms with Crippen molar-refractivity contribution in [2.75, 3.05) is 0 Å². The van der Waals surface area contributed by atoms with Crippen molar-refractivity contribution in [1.29, 1.82) is 0 Å². The number of halogens is 2. The molecule has 96 valence electrons. The lowest BCUT2D eigenvalue weighted by atomic mass is 10.1. The molecular weight excluding hydrogens is 250 g/mol. The number of aromatic nitrogens is 2. The highest BCUT2D eigenvalue weighted by Gasteiger charge is 2.40. The fraction of sp³-hybridized carbons (Fsp3) is 0.700. The van der Waals surface area contributed by atoms with Gasteiger partial charge in [0.1, 0.15) is 5.69 Å². The van der Waals surface area contributed by atoms with Crippen LogP contribution in [0.1, 0.15) is 43.8 Å². The molecule has 0 aliphatic carbocycles. The molecule has 0 spiro atoms. The Morgan fingerprint density at radius 1 is 1.35 bits per heavy atom. The Morgan fingerprint density at radius 3 is 2.41 bits per heavy atom. The molecule has 0 aromatic carbocycles. The van der Waals surface area contributed by atoms with Gasteiger partial charge in [0, 0.05) is 18.5 Å². The number of rotatable bonds is 2. The predicted molar refractivity (Wildman–Crippen MR) is 58.5 cm³/mol. The molecule has 4 nitrogen and oxygen atoms in total. The summed E-state index contributed by atoms with van der Waals surface area (Å²) in [6, 6.07) is -0.131. The molecule has 0 saturated carbocycles. The third-order valence-corrected chi connectivity index (χ3v) is 4.19. The molecule has 1 aromatic rings. The minimum atomic E-state index is -3.30. The van der Waals surface area contributed by atoms with Crippen LogP contribution in [0.25, 0.3) is 0 Å². The number of fused-ring (bicyclic) bond motifs is 1. The second kappa shape index (κ2) is 3.51. The van der Waals surface area contributed by atoms with Crippen molar-refractivity contribution in [1.82, 2.24) is 9.78 Å². The lowest BCUT2D eigenvalue weighted by Gasteiger charge is -2.10. The largest absolute Gasteiger partial charge is 0.289 e. The van der Waals surface area contributed by atoms with Gasteiger partial charge in [-0.05, 0) is 13.8 Å². The first kappa shape index (κ1) is 12.5. The predicted octanol–water partition coefficient (Wildman–Crippen LogP) is 2.00. The smallest absolute Gasteiger partial charge is 0.265 e. The van der Waals surface area contributed by atoms with E-state index < -0.39 is 21.5 Å². The molecule has 1 aromatic heterocycles. The van der Waals surface area contributed by atoms with Gasteiger partial charge in [0.2, 0.25) is 0 Å². The van der Waals surface area contributed by atoms with Crippen molar-refractivity contribution in [2.24, 2.45) is 0 Å². The van der Waals surface area contributed by atoms with E-state index in [0.717, 1.165) is 6.92 Å². The van der Waals surface area contributed by atoms with Crippen molar-refractivity contribution in [3.63, 3.8) is 0 Å². The van der Waals surface area contributed by atoms with E-state index >= 15 is 0 Å². The lowest BCUT2D eigenvalue weighted by Crippen LogP contribution is -2.14. The SMILES string of the molecule is CC(C)n1nc(C(C)(F)F)c2c1CS(=O)(=O)C2. The lowest BCUT2D eigenvalue weighted by molar-refractivity contribution is 0.0113. The van der Waals surface area contributed by atoms with Gasteiger partial charge in [0.05, 0.1) is 17.2 Å². The molecule has 0 N–H and O–H groups in total. The van der Waals surface area contributed by atoms with Crippen molar-refractivity contribution in [2.45, 2.75) is 44.2 Å². The van der Waals surface area contributed by atoms with Crippen molar-refractivity contribution >= 4 is 9.84 Å². The number of hydrogen-bond acceptors (Lipinski definition) is 3. The van der Waals surface area contributed by atoms with Crippen LogP contribution in [0.3, 0.4) is 0 Å². The van der Waals surface area contributed by atoms with Gasteiger partial charge < -0.3 is 0 Å². The van der Waals surface area contributed by atoms with Gasteiger partial charge in [0.15, 0.2) is 9.84 Å². The maximum atomic E-state index is 13.4. The molecule has 0 saturated heterocycles. The topological polar surface area (TPSA) is 52.0 Å². The summed E-state index contributed by atoms with van der Waals surface area (Å²) in [6.07, 6.45) is 0. The van der Waals surface area contributed by atoms with Crippen LogP contribution in [0, 0.1) is 0 Å². The Morgan fingerprint density at radius 2 is 1.94 bits per heavy atom. The summed E-state index contributed by atoms with van der Waals surface area (Å²) in [5, 5.41) is 3.87. The Balaban J connectivity index is 2.64. The van der Waals surface area contributed by atoms with Crippen LogP contribution in [-0.4, -0.2) is 18.2 Å². The minimum absolute atomic E-state index is 0.131. The first-order valence-corrected chi connectivity index (χ1v) is 7.13. The van der Waals surface area contributed by atoms with Gasteiger partial charge in [0.25, 0.3) is 5.92 Å². The maximum Gasteiger partial charge on any atom is 0.289 e. The maximum absolute atomic E-state index is 13.4. The number of hydrogen-bond donors (Lipinski definition) is 0. The van der Waals surface area contributed by atoms with E-state index in [0.29, 0.717) is 5.69 Å². The van der Waals surface area contributed by atoms with Crippen LogP contribution >= 0.6 is 0 Å². The van der Waals surface area contributed by atoms with Crippen LogP contribution in [0.2, 0.25) is 0 Å². The first-order valence-electron chi connectivity index (χ1n) is 5.31. The highest BCUT2D eigenvalue weighted by molar-refractivity contribution is 7.90. The highest BCUT2D eigenvalue weighted by Crippen LogP contribution is 2.37. The second-order valence-corrected chi connectivity index (χ2v) is 6.80. The molecule has 0 radical (unpaired) electrons. The fourth-order valence-corrected chi connectivity index (χ4v) is 3.64. The van der Waals surface area contributed by atoms with Crippen molar-refractivity contribution in [3.8, 4) is 0 Å². The van der Waals surface area contributed by atoms with Crippen LogP contribution in [0.5, 0.6) is 0 Å². The number of sulfone groups is 1. The van der Waals surface area contributed by atoms with Crippen LogP contribution in [0.4, 0.5) is 8.78 Å². The second-order valence-electron chi connectivity index (χ2n) is 4.73.